The molecule has 4 aromatic rings. The minimum absolute atomic E-state index is 0.410. The molecular formula is C31H39N7O. The van der Waals surface area contributed by atoms with Crippen LogP contribution < -0.4 is 15.4 Å². The number of para-hydroxylation sites is 1. The molecule has 39 heavy (non-hydrogen) atoms. The standard InChI is InChI=1S/C31H39N7O/c1-35(2)27-19-22(9-14-28(27)39-25-7-5-4-6-8-25)26-20-38(31-29(26)30(32)33-21-34-31)24-12-10-23(11-13-24)37-17-15-36(3)16-18-37/h4-9,14,19-21,23-24H,10-13,15-18H2,1-3H3,(H2,32,33,34)/t23-,24-. The highest BCUT2D eigenvalue weighted by Crippen LogP contribution is 2.41. The summed E-state index contributed by atoms with van der Waals surface area (Å²) in [5.74, 6) is 2.15. The second-order valence-electron chi connectivity index (χ2n) is 11.2. The maximum atomic E-state index is 6.49. The number of likely N-dealkylation sites (N-methyl/N-ethyl adjacent to an activating group) is 1. The van der Waals surface area contributed by atoms with Crippen LogP contribution >= 0.6 is 0 Å². The Labute approximate surface area is 231 Å². The van der Waals surface area contributed by atoms with Crippen molar-refractivity contribution in [1.82, 2.24) is 24.3 Å². The van der Waals surface area contributed by atoms with Crippen LogP contribution in [0.25, 0.3) is 22.2 Å². The van der Waals surface area contributed by atoms with Gasteiger partial charge in [-0.3, -0.25) is 4.90 Å². The van der Waals surface area contributed by atoms with E-state index < -0.39 is 0 Å². The van der Waals surface area contributed by atoms with E-state index in [0.29, 0.717) is 17.9 Å². The Morgan fingerprint density at radius 2 is 1.62 bits per heavy atom. The second kappa shape index (κ2) is 10.9. The highest BCUT2D eigenvalue weighted by Gasteiger charge is 2.30. The Kier molecular flexibility index (Phi) is 7.14. The third kappa shape index (κ3) is 5.18. The van der Waals surface area contributed by atoms with E-state index in [1.165, 1.54) is 39.0 Å². The van der Waals surface area contributed by atoms with Gasteiger partial charge in [-0.1, -0.05) is 24.3 Å². The van der Waals surface area contributed by atoms with Crippen LogP contribution in [0.5, 0.6) is 11.5 Å². The summed E-state index contributed by atoms with van der Waals surface area (Å²) in [5, 5.41) is 0.931. The van der Waals surface area contributed by atoms with Crippen molar-refractivity contribution in [3.05, 3.63) is 61.1 Å². The first-order valence-electron chi connectivity index (χ1n) is 14.1. The molecular weight excluding hydrogens is 486 g/mol. The van der Waals surface area contributed by atoms with E-state index in [1.807, 2.05) is 50.5 Å². The monoisotopic (exact) mass is 525 g/mol. The van der Waals surface area contributed by atoms with E-state index in [-0.39, 0.29) is 0 Å². The van der Waals surface area contributed by atoms with Gasteiger partial charge in [0.15, 0.2) is 5.75 Å². The summed E-state index contributed by atoms with van der Waals surface area (Å²) in [6.07, 6.45) is 8.59. The molecule has 6 rings (SSSR count). The third-order valence-electron chi connectivity index (χ3n) is 8.48. The Hall–Kier alpha value is -3.62. The number of rotatable bonds is 6. The molecule has 1 saturated heterocycles. The summed E-state index contributed by atoms with van der Waals surface area (Å²) in [6, 6.07) is 17.3. The molecule has 2 aromatic carbocycles. The van der Waals surface area contributed by atoms with Crippen LogP contribution in [0.3, 0.4) is 0 Å². The Morgan fingerprint density at radius 3 is 2.33 bits per heavy atom. The Bertz CT molecular complexity index is 1420. The normalized spacial score (nSPS) is 20.8. The number of anilines is 2. The van der Waals surface area contributed by atoms with E-state index in [2.05, 4.69) is 49.6 Å². The number of nitrogens with zero attached hydrogens (tertiary/aromatic N) is 6. The molecule has 1 saturated carbocycles. The van der Waals surface area contributed by atoms with Crippen molar-refractivity contribution in [2.75, 3.05) is 58.0 Å². The molecule has 2 aromatic heterocycles. The average Bonchev–Trinajstić information content (AvgIpc) is 3.35. The molecule has 2 N–H and O–H groups in total. The summed E-state index contributed by atoms with van der Waals surface area (Å²) in [5.41, 5.74) is 10.6. The number of fused-ring (bicyclic) bond motifs is 1. The molecule has 8 heteroatoms. The summed E-state index contributed by atoms with van der Waals surface area (Å²) in [7, 11) is 6.30. The lowest BCUT2D eigenvalue weighted by atomic mass is 9.89. The number of piperazine rings is 1. The van der Waals surface area contributed by atoms with Gasteiger partial charge in [-0.15, -0.1) is 0 Å². The van der Waals surface area contributed by atoms with Gasteiger partial charge in [0.25, 0.3) is 0 Å². The number of nitrogen functional groups attached to an aromatic ring is 1. The van der Waals surface area contributed by atoms with E-state index in [4.69, 9.17) is 15.5 Å². The summed E-state index contributed by atoms with van der Waals surface area (Å²) in [6.45, 7) is 4.71. The lowest BCUT2D eigenvalue weighted by molar-refractivity contribution is 0.0828. The second-order valence-corrected chi connectivity index (χ2v) is 11.2. The average molecular weight is 526 g/mol. The molecule has 2 fully saturated rings. The maximum absolute atomic E-state index is 6.49. The molecule has 8 nitrogen and oxygen atoms in total. The summed E-state index contributed by atoms with van der Waals surface area (Å²) < 4.78 is 8.60. The van der Waals surface area contributed by atoms with Gasteiger partial charge >= 0.3 is 0 Å². The van der Waals surface area contributed by atoms with Crippen molar-refractivity contribution < 1.29 is 4.74 Å². The molecule has 0 atom stereocenters. The molecule has 0 bridgehead atoms. The first-order valence-corrected chi connectivity index (χ1v) is 14.1. The first-order chi connectivity index (χ1) is 19.0. The number of aromatic nitrogens is 3. The SMILES string of the molecule is CN1CCN([C@H]2CC[C@H](n3cc(-c4ccc(Oc5ccccc5)c(N(C)C)c4)c4c(N)ncnc43)CC2)CC1. The Morgan fingerprint density at radius 1 is 0.897 bits per heavy atom. The van der Waals surface area contributed by atoms with Gasteiger partial charge < -0.3 is 24.8 Å². The van der Waals surface area contributed by atoms with Gasteiger partial charge in [0.05, 0.1) is 11.1 Å². The van der Waals surface area contributed by atoms with Crippen LogP contribution in [0.1, 0.15) is 31.7 Å². The van der Waals surface area contributed by atoms with E-state index in [0.717, 1.165) is 52.2 Å². The lowest BCUT2D eigenvalue weighted by Gasteiger charge is -2.41. The number of nitrogens with two attached hydrogens (primary N) is 1. The van der Waals surface area contributed by atoms with E-state index >= 15 is 0 Å². The third-order valence-corrected chi connectivity index (χ3v) is 8.48. The summed E-state index contributed by atoms with van der Waals surface area (Å²) in [4.78, 5) is 16.3. The van der Waals surface area contributed by atoms with Crippen LogP contribution in [0, 0.1) is 0 Å². The minimum Gasteiger partial charge on any atom is -0.455 e. The van der Waals surface area contributed by atoms with Crippen molar-refractivity contribution in [2.24, 2.45) is 0 Å². The zero-order valence-electron chi connectivity index (χ0n) is 23.3. The number of hydrogen-bond donors (Lipinski definition) is 1. The predicted molar refractivity (Wildman–Crippen MR) is 159 cm³/mol. The molecule has 2 aliphatic rings. The topological polar surface area (TPSA) is 75.7 Å². The predicted octanol–water partition coefficient (Wildman–Crippen LogP) is 5.27. The first kappa shape index (κ1) is 25.6. The van der Waals surface area contributed by atoms with Crippen molar-refractivity contribution in [1.29, 1.82) is 0 Å². The highest BCUT2D eigenvalue weighted by atomic mass is 16.5. The zero-order chi connectivity index (χ0) is 26.9. The van der Waals surface area contributed by atoms with Gasteiger partial charge in [-0.25, -0.2) is 9.97 Å². The van der Waals surface area contributed by atoms with Crippen LogP contribution in [0.2, 0.25) is 0 Å². The Balaban J connectivity index is 1.30. The fourth-order valence-corrected chi connectivity index (χ4v) is 6.23. The van der Waals surface area contributed by atoms with Gasteiger partial charge in [-0.05, 0) is 62.6 Å². The highest BCUT2D eigenvalue weighted by molar-refractivity contribution is 6.01. The van der Waals surface area contributed by atoms with Gasteiger partial charge in [-0.2, -0.15) is 0 Å². The molecule has 0 unspecified atom stereocenters. The van der Waals surface area contributed by atoms with E-state index in [1.54, 1.807) is 6.33 Å². The van der Waals surface area contributed by atoms with Crippen LogP contribution in [-0.2, 0) is 0 Å². The van der Waals surface area contributed by atoms with Crippen molar-refractivity contribution in [3.8, 4) is 22.6 Å². The van der Waals surface area contributed by atoms with Crippen molar-refractivity contribution in [2.45, 2.75) is 37.8 Å². The van der Waals surface area contributed by atoms with Crippen molar-refractivity contribution >= 4 is 22.5 Å². The number of ether oxygens (including phenoxy) is 1. The fourth-order valence-electron chi connectivity index (χ4n) is 6.23. The smallest absolute Gasteiger partial charge is 0.150 e. The molecule has 1 aliphatic carbocycles. The van der Waals surface area contributed by atoms with Gasteiger partial charge in [0, 0.05) is 64.1 Å². The summed E-state index contributed by atoms with van der Waals surface area (Å²) >= 11 is 0. The van der Waals surface area contributed by atoms with Gasteiger partial charge in [0.2, 0.25) is 0 Å². The molecule has 0 radical (unpaired) electrons. The molecule has 0 spiro atoms. The maximum Gasteiger partial charge on any atom is 0.150 e. The van der Waals surface area contributed by atoms with Crippen LogP contribution in [0.4, 0.5) is 11.5 Å². The number of benzene rings is 2. The lowest BCUT2D eigenvalue weighted by Crippen LogP contribution is -2.49. The quantitative estimate of drug-likeness (QED) is 0.368. The minimum atomic E-state index is 0.410. The largest absolute Gasteiger partial charge is 0.455 e. The van der Waals surface area contributed by atoms with E-state index in [9.17, 15) is 0 Å². The van der Waals surface area contributed by atoms with Crippen LogP contribution in [0.15, 0.2) is 61.1 Å². The molecule has 204 valence electrons. The van der Waals surface area contributed by atoms with Gasteiger partial charge in [0.1, 0.15) is 23.5 Å². The molecule has 3 heterocycles. The van der Waals surface area contributed by atoms with Crippen LogP contribution in [-0.4, -0.2) is 77.7 Å². The number of hydrogen-bond acceptors (Lipinski definition) is 7. The zero-order valence-corrected chi connectivity index (χ0v) is 23.3. The molecule has 0 amide bonds. The fraction of sp³-hybridized carbons (Fsp3) is 0.419. The molecule has 1 aliphatic heterocycles. The van der Waals surface area contributed by atoms with Crippen molar-refractivity contribution in [3.63, 3.8) is 0 Å².